The second-order valence-corrected chi connectivity index (χ2v) is 7.97. The van der Waals surface area contributed by atoms with E-state index in [0.29, 0.717) is 0 Å². The van der Waals surface area contributed by atoms with Gasteiger partial charge in [-0.3, -0.25) is 0 Å². The highest BCUT2D eigenvalue weighted by Gasteiger charge is 2.51. The number of aliphatic hydroxyl groups excluding tert-OH is 11. The lowest BCUT2D eigenvalue weighted by molar-refractivity contribution is -0.372. The van der Waals surface area contributed by atoms with Crippen LogP contribution < -0.4 is 0 Å². The minimum Gasteiger partial charge on any atom is -0.394 e. The van der Waals surface area contributed by atoms with Gasteiger partial charge in [-0.15, -0.1) is 0 Å². The molecule has 0 aliphatic carbocycles. The molecule has 2 heterocycles. The zero-order valence-electron chi connectivity index (χ0n) is 17.7. The molecule has 0 aromatic rings. The van der Waals surface area contributed by atoms with Gasteiger partial charge >= 0.3 is 0 Å². The number of aldehydes is 1. The Hall–Kier alpha value is -0.930. The molecule has 0 aromatic heterocycles. The third-order valence-corrected chi connectivity index (χ3v) is 5.66. The third-order valence-electron chi connectivity index (χ3n) is 5.66. The number of hydrogen-bond acceptors (Lipinski definition) is 16. The molecule has 14 atom stereocenters. The smallest absolute Gasteiger partial charge is 0.188 e. The molecule has 2 fully saturated rings. The van der Waals surface area contributed by atoms with Gasteiger partial charge in [0.25, 0.3) is 0 Å². The first kappa shape index (κ1) is 29.3. The van der Waals surface area contributed by atoms with E-state index in [1.165, 1.54) is 0 Å². The summed E-state index contributed by atoms with van der Waals surface area (Å²) < 4.78 is 21.1. The van der Waals surface area contributed by atoms with Gasteiger partial charge < -0.3 is 79.9 Å². The molecule has 2 rings (SSSR count). The van der Waals surface area contributed by atoms with Crippen LogP contribution in [0, 0.1) is 0 Å². The van der Waals surface area contributed by atoms with Crippen LogP contribution in [0.5, 0.6) is 0 Å². The van der Waals surface area contributed by atoms with E-state index in [2.05, 4.69) is 0 Å². The first-order valence-electron chi connectivity index (χ1n) is 10.4. The van der Waals surface area contributed by atoms with Crippen LogP contribution in [-0.4, -0.2) is 168 Å². The normalized spacial score (nSPS) is 42.6. The van der Waals surface area contributed by atoms with E-state index in [4.69, 9.17) is 24.1 Å². The summed E-state index contributed by atoms with van der Waals surface area (Å²) in [5.41, 5.74) is 0. The van der Waals surface area contributed by atoms with Crippen molar-refractivity contribution >= 4 is 6.29 Å². The highest BCUT2D eigenvalue weighted by atomic mass is 16.8. The summed E-state index contributed by atoms with van der Waals surface area (Å²) in [4.78, 5) is 11.5. The average molecular weight is 504 g/mol. The SMILES string of the molecule is O=C[C@@H](O[C@H]1O[C@H](CO)[C@@H](O)[C@H](O)[C@@H]1O[C@@H]1O[C@H](CO)[C@@H](O)[C@H](O)[C@@H]1O)[C@@H](O)[C@H](O)[C@H](O)CO. The molecule has 0 unspecified atom stereocenters. The van der Waals surface area contributed by atoms with E-state index in [1.54, 1.807) is 0 Å². The molecular formula is C18H32O16. The van der Waals surface area contributed by atoms with E-state index in [1.807, 2.05) is 0 Å². The molecule has 0 radical (unpaired) electrons. The lowest BCUT2D eigenvalue weighted by Gasteiger charge is -2.46. The van der Waals surface area contributed by atoms with Crippen molar-refractivity contribution in [3.63, 3.8) is 0 Å². The predicted octanol–water partition coefficient (Wildman–Crippen LogP) is -7.73. The van der Waals surface area contributed by atoms with Crippen LogP contribution in [0.3, 0.4) is 0 Å². The van der Waals surface area contributed by atoms with Crippen molar-refractivity contribution in [2.75, 3.05) is 19.8 Å². The van der Waals surface area contributed by atoms with Gasteiger partial charge in [0.05, 0.1) is 19.8 Å². The van der Waals surface area contributed by atoms with Gasteiger partial charge in [0.1, 0.15) is 73.2 Å². The Balaban J connectivity index is 2.26. The molecule has 2 aliphatic rings. The van der Waals surface area contributed by atoms with E-state index in [0.717, 1.165) is 0 Å². The zero-order chi connectivity index (χ0) is 25.7. The van der Waals surface area contributed by atoms with Crippen LogP contribution in [-0.2, 0) is 23.7 Å². The van der Waals surface area contributed by atoms with Gasteiger partial charge in [-0.05, 0) is 0 Å². The topological polar surface area (TPSA) is 277 Å². The number of carbonyl (C=O) groups excluding carboxylic acids is 1. The number of rotatable bonds is 11. The Morgan fingerprint density at radius 3 is 1.76 bits per heavy atom. The Bertz CT molecular complexity index is 623. The van der Waals surface area contributed by atoms with E-state index < -0.39 is 106 Å². The average Bonchev–Trinajstić information content (AvgIpc) is 2.84. The van der Waals surface area contributed by atoms with Crippen molar-refractivity contribution in [2.45, 2.75) is 85.8 Å². The fourth-order valence-electron chi connectivity index (χ4n) is 3.52. The van der Waals surface area contributed by atoms with Crippen molar-refractivity contribution in [1.82, 2.24) is 0 Å². The van der Waals surface area contributed by atoms with Crippen LogP contribution >= 0.6 is 0 Å². The second kappa shape index (κ2) is 12.9. The van der Waals surface area contributed by atoms with Gasteiger partial charge in [0.2, 0.25) is 0 Å². The predicted molar refractivity (Wildman–Crippen MR) is 102 cm³/mol. The number of hydrogen-bond donors (Lipinski definition) is 11. The fraction of sp³-hybridized carbons (Fsp3) is 0.944. The zero-order valence-corrected chi connectivity index (χ0v) is 17.7. The maximum absolute atomic E-state index is 11.5. The van der Waals surface area contributed by atoms with Gasteiger partial charge in [-0.1, -0.05) is 0 Å². The third kappa shape index (κ3) is 6.25. The maximum atomic E-state index is 11.5. The monoisotopic (exact) mass is 504 g/mol. The largest absolute Gasteiger partial charge is 0.394 e. The van der Waals surface area contributed by atoms with Crippen molar-refractivity contribution < 1.29 is 79.9 Å². The summed E-state index contributed by atoms with van der Waals surface area (Å²) >= 11 is 0. The molecule has 2 saturated heterocycles. The summed E-state index contributed by atoms with van der Waals surface area (Å²) in [6.45, 7) is -2.61. The molecule has 11 N–H and O–H groups in total. The standard InChI is InChI=1S/C18H32O16/c19-1-5(23)9(24)10(25)6(2-20)32-18-16(14(29)12(27)8(4-22)33-18)34-17-15(30)13(28)11(26)7(3-21)31-17/h2,5-19,21-30H,1,3-4H2/t5-,6-,7-,8-,9-,10-,11-,12-,13+,14+,15+,16+,17+,18+/m1/s1. The maximum Gasteiger partial charge on any atom is 0.188 e. The van der Waals surface area contributed by atoms with Crippen molar-refractivity contribution in [3.05, 3.63) is 0 Å². The molecule has 0 saturated carbocycles. The number of carbonyl (C=O) groups is 1. The Kier molecular flexibility index (Phi) is 11.1. The summed E-state index contributed by atoms with van der Waals surface area (Å²) in [5.74, 6) is 0. The lowest BCUT2D eigenvalue weighted by Crippen LogP contribution is -2.65. The quantitative estimate of drug-likeness (QED) is 0.117. The minimum absolute atomic E-state index is 0.00235. The summed E-state index contributed by atoms with van der Waals surface area (Å²) in [7, 11) is 0. The van der Waals surface area contributed by atoms with Crippen molar-refractivity contribution in [3.8, 4) is 0 Å². The molecule has 0 bridgehead atoms. The molecular weight excluding hydrogens is 472 g/mol. The summed E-state index contributed by atoms with van der Waals surface area (Å²) in [6, 6.07) is 0. The van der Waals surface area contributed by atoms with Crippen LogP contribution in [0.15, 0.2) is 0 Å². The Morgan fingerprint density at radius 2 is 1.26 bits per heavy atom. The van der Waals surface area contributed by atoms with E-state index in [-0.39, 0.29) is 6.29 Å². The molecule has 34 heavy (non-hydrogen) atoms. The van der Waals surface area contributed by atoms with Crippen molar-refractivity contribution in [1.29, 1.82) is 0 Å². The fourth-order valence-corrected chi connectivity index (χ4v) is 3.52. The molecule has 200 valence electrons. The molecule has 0 spiro atoms. The Labute approximate surface area is 192 Å². The molecule has 0 aromatic carbocycles. The molecule has 2 aliphatic heterocycles. The van der Waals surface area contributed by atoms with Gasteiger partial charge in [-0.25, -0.2) is 0 Å². The summed E-state index contributed by atoms with van der Waals surface area (Å²) in [6.07, 6.45) is -25.6. The number of aliphatic hydroxyl groups is 11. The molecule has 0 amide bonds. The van der Waals surface area contributed by atoms with E-state index in [9.17, 15) is 55.9 Å². The number of ether oxygens (including phenoxy) is 4. The first-order valence-corrected chi connectivity index (χ1v) is 10.4. The minimum atomic E-state index is -2.12. The van der Waals surface area contributed by atoms with E-state index >= 15 is 0 Å². The van der Waals surface area contributed by atoms with Gasteiger partial charge in [0, 0.05) is 0 Å². The first-order chi connectivity index (χ1) is 16.0. The van der Waals surface area contributed by atoms with Crippen LogP contribution in [0.1, 0.15) is 0 Å². The second-order valence-electron chi connectivity index (χ2n) is 7.97. The lowest BCUT2D eigenvalue weighted by atomic mass is 9.97. The molecule has 16 heteroatoms. The highest BCUT2D eigenvalue weighted by molar-refractivity contribution is 5.57. The van der Waals surface area contributed by atoms with Crippen LogP contribution in [0.25, 0.3) is 0 Å². The summed E-state index contributed by atoms with van der Waals surface area (Å²) in [5, 5.41) is 108. The van der Waals surface area contributed by atoms with Gasteiger partial charge in [0.15, 0.2) is 18.9 Å². The Morgan fingerprint density at radius 1 is 0.735 bits per heavy atom. The van der Waals surface area contributed by atoms with Crippen LogP contribution in [0.4, 0.5) is 0 Å². The van der Waals surface area contributed by atoms with Crippen LogP contribution in [0.2, 0.25) is 0 Å². The molecule has 16 nitrogen and oxygen atoms in total. The van der Waals surface area contributed by atoms with Crippen molar-refractivity contribution in [2.24, 2.45) is 0 Å². The van der Waals surface area contributed by atoms with Gasteiger partial charge in [-0.2, -0.15) is 0 Å². The highest BCUT2D eigenvalue weighted by Crippen LogP contribution is 2.30.